The second-order valence-electron chi connectivity index (χ2n) is 4.51. The summed E-state index contributed by atoms with van der Waals surface area (Å²) >= 11 is 0. The van der Waals surface area contributed by atoms with Gasteiger partial charge in [-0.2, -0.15) is 0 Å². The van der Waals surface area contributed by atoms with Crippen molar-refractivity contribution in [3.05, 3.63) is 17.8 Å². The van der Waals surface area contributed by atoms with Crippen LogP contribution in [0.1, 0.15) is 49.6 Å². The highest BCUT2D eigenvalue weighted by Gasteiger charge is 2.32. The number of carboxylic acids is 1. The maximum atomic E-state index is 11.3. The molecule has 4 heteroatoms. The molecule has 88 valence electrons. The largest absolute Gasteiger partial charge is 0.481 e. The van der Waals surface area contributed by atoms with Crippen molar-refractivity contribution in [2.75, 3.05) is 0 Å². The molecule has 1 atom stereocenters. The van der Waals surface area contributed by atoms with Gasteiger partial charge in [-0.25, -0.2) is 4.98 Å². The first kappa shape index (κ1) is 11.2. The Labute approximate surface area is 94.7 Å². The minimum atomic E-state index is -0.778. The Morgan fingerprint density at radius 3 is 2.69 bits per heavy atom. The standard InChI is InChI=1S/C12H17NO3/c1-8-13-10(7-16-8)11(12(14)15)9-5-3-2-4-6-9/h7,9,11H,2-6H2,1H3,(H,14,15). The second kappa shape index (κ2) is 4.68. The summed E-state index contributed by atoms with van der Waals surface area (Å²) in [7, 11) is 0. The molecule has 0 spiro atoms. The second-order valence-corrected chi connectivity index (χ2v) is 4.51. The summed E-state index contributed by atoms with van der Waals surface area (Å²) in [5.41, 5.74) is 0.580. The average Bonchev–Trinajstić information content (AvgIpc) is 2.66. The molecule has 2 rings (SSSR count). The highest BCUT2D eigenvalue weighted by molar-refractivity contribution is 5.75. The van der Waals surface area contributed by atoms with Gasteiger partial charge in [0.2, 0.25) is 0 Å². The normalized spacial score (nSPS) is 19.6. The van der Waals surface area contributed by atoms with Crippen LogP contribution in [0.25, 0.3) is 0 Å². The van der Waals surface area contributed by atoms with Gasteiger partial charge in [-0.05, 0) is 18.8 Å². The van der Waals surface area contributed by atoms with Gasteiger partial charge in [0.05, 0.1) is 5.69 Å². The van der Waals surface area contributed by atoms with Gasteiger partial charge < -0.3 is 9.52 Å². The van der Waals surface area contributed by atoms with E-state index in [0.29, 0.717) is 11.6 Å². The Kier molecular flexibility index (Phi) is 3.27. The van der Waals surface area contributed by atoms with E-state index in [9.17, 15) is 9.90 Å². The van der Waals surface area contributed by atoms with Gasteiger partial charge in [0.15, 0.2) is 5.89 Å². The molecule has 4 nitrogen and oxygen atoms in total. The van der Waals surface area contributed by atoms with Crippen LogP contribution in [0.2, 0.25) is 0 Å². The molecule has 1 N–H and O–H groups in total. The Morgan fingerprint density at radius 1 is 1.50 bits per heavy atom. The van der Waals surface area contributed by atoms with E-state index in [-0.39, 0.29) is 5.92 Å². The number of carboxylic acid groups (broad SMARTS) is 1. The van der Waals surface area contributed by atoms with Gasteiger partial charge >= 0.3 is 5.97 Å². The van der Waals surface area contributed by atoms with Crippen LogP contribution in [-0.2, 0) is 4.79 Å². The van der Waals surface area contributed by atoms with E-state index >= 15 is 0 Å². The molecular formula is C12H17NO3. The zero-order valence-corrected chi connectivity index (χ0v) is 9.48. The van der Waals surface area contributed by atoms with Gasteiger partial charge in [0, 0.05) is 6.92 Å². The first-order chi connectivity index (χ1) is 7.68. The van der Waals surface area contributed by atoms with Crippen LogP contribution in [0.5, 0.6) is 0 Å². The number of rotatable bonds is 3. The summed E-state index contributed by atoms with van der Waals surface area (Å²) < 4.78 is 5.11. The molecule has 16 heavy (non-hydrogen) atoms. The lowest BCUT2D eigenvalue weighted by atomic mass is 9.79. The van der Waals surface area contributed by atoms with Gasteiger partial charge in [0.25, 0.3) is 0 Å². The number of nitrogens with zero attached hydrogens (tertiary/aromatic N) is 1. The average molecular weight is 223 g/mol. The van der Waals surface area contributed by atoms with Crippen LogP contribution < -0.4 is 0 Å². The molecular weight excluding hydrogens is 206 g/mol. The van der Waals surface area contributed by atoms with E-state index in [0.717, 1.165) is 25.7 Å². The van der Waals surface area contributed by atoms with Crippen molar-refractivity contribution in [1.29, 1.82) is 0 Å². The maximum Gasteiger partial charge on any atom is 0.312 e. The summed E-state index contributed by atoms with van der Waals surface area (Å²) in [6, 6.07) is 0. The van der Waals surface area contributed by atoms with Crippen molar-refractivity contribution in [2.45, 2.75) is 44.9 Å². The highest BCUT2D eigenvalue weighted by Crippen LogP contribution is 2.35. The Bertz CT molecular complexity index is 366. The zero-order chi connectivity index (χ0) is 11.5. The van der Waals surface area contributed by atoms with E-state index in [1.807, 2.05) is 0 Å². The lowest BCUT2D eigenvalue weighted by molar-refractivity contribution is -0.140. The minimum absolute atomic E-state index is 0.218. The first-order valence-corrected chi connectivity index (χ1v) is 5.83. The Morgan fingerprint density at radius 2 is 2.19 bits per heavy atom. The van der Waals surface area contributed by atoms with Crippen LogP contribution in [0.15, 0.2) is 10.7 Å². The summed E-state index contributed by atoms with van der Waals surface area (Å²) in [6.45, 7) is 1.74. The van der Waals surface area contributed by atoms with Crippen molar-refractivity contribution in [3.63, 3.8) is 0 Å². The smallest absolute Gasteiger partial charge is 0.312 e. The predicted octanol–water partition coefficient (Wildman–Crippen LogP) is 2.73. The van der Waals surface area contributed by atoms with Crippen LogP contribution >= 0.6 is 0 Å². The number of aliphatic carboxylic acids is 1. The zero-order valence-electron chi connectivity index (χ0n) is 9.48. The third-order valence-electron chi connectivity index (χ3n) is 3.34. The fourth-order valence-electron chi connectivity index (χ4n) is 2.56. The molecule has 1 aromatic heterocycles. The summed E-state index contributed by atoms with van der Waals surface area (Å²) in [5, 5.41) is 9.31. The number of aromatic nitrogens is 1. The third kappa shape index (κ3) is 2.26. The molecule has 0 aromatic carbocycles. The molecule has 1 heterocycles. The topological polar surface area (TPSA) is 63.3 Å². The summed E-state index contributed by atoms with van der Waals surface area (Å²) in [6.07, 6.45) is 6.95. The number of hydrogen-bond acceptors (Lipinski definition) is 3. The fourth-order valence-corrected chi connectivity index (χ4v) is 2.56. The monoisotopic (exact) mass is 223 g/mol. The molecule has 1 saturated carbocycles. The van der Waals surface area contributed by atoms with Crippen molar-refractivity contribution < 1.29 is 14.3 Å². The van der Waals surface area contributed by atoms with E-state index < -0.39 is 11.9 Å². The first-order valence-electron chi connectivity index (χ1n) is 5.83. The van der Waals surface area contributed by atoms with E-state index in [2.05, 4.69) is 4.98 Å². The van der Waals surface area contributed by atoms with Crippen LogP contribution in [0.4, 0.5) is 0 Å². The predicted molar refractivity (Wildman–Crippen MR) is 58.2 cm³/mol. The van der Waals surface area contributed by atoms with Crippen molar-refractivity contribution in [2.24, 2.45) is 5.92 Å². The quantitative estimate of drug-likeness (QED) is 0.855. The SMILES string of the molecule is Cc1nc(C(C(=O)O)C2CCCCC2)co1. The summed E-state index contributed by atoms with van der Waals surface area (Å²) in [4.78, 5) is 15.5. The maximum absolute atomic E-state index is 11.3. The lowest BCUT2D eigenvalue weighted by Gasteiger charge is -2.25. The molecule has 0 saturated heterocycles. The Hall–Kier alpha value is -1.32. The number of hydrogen-bond donors (Lipinski definition) is 1. The van der Waals surface area contributed by atoms with Crippen molar-refractivity contribution in [1.82, 2.24) is 4.98 Å². The number of carbonyl (C=O) groups is 1. The lowest BCUT2D eigenvalue weighted by Crippen LogP contribution is -2.24. The molecule has 0 aliphatic heterocycles. The van der Waals surface area contributed by atoms with E-state index in [1.54, 1.807) is 6.92 Å². The molecule has 0 bridgehead atoms. The van der Waals surface area contributed by atoms with Gasteiger partial charge in [0.1, 0.15) is 12.2 Å². The van der Waals surface area contributed by atoms with Gasteiger partial charge in [-0.1, -0.05) is 19.3 Å². The summed E-state index contributed by atoms with van der Waals surface area (Å²) in [5.74, 6) is -0.509. The van der Waals surface area contributed by atoms with E-state index in [4.69, 9.17) is 4.42 Å². The van der Waals surface area contributed by atoms with E-state index in [1.165, 1.54) is 12.7 Å². The Balaban J connectivity index is 2.19. The fraction of sp³-hybridized carbons (Fsp3) is 0.667. The van der Waals surface area contributed by atoms with Crippen molar-refractivity contribution in [3.8, 4) is 0 Å². The molecule has 1 aliphatic carbocycles. The number of oxazole rings is 1. The molecule has 1 unspecified atom stereocenters. The molecule has 1 aliphatic rings. The van der Waals surface area contributed by atoms with Crippen molar-refractivity contribution >= 4 is 5.97 Å². The minimum Gasteiger partial charge on any atom is -0.481 e. The molecule has 0 radical (unpaired) electrons. The van der Waals surface area contributed by atoms with Crippen LogP contribution in [0.3, 0.4) is 0 Å². The number of aryl methyl sites for hydroxylation is 1. The molecule has 1 fully saturated rings. The van der Waals surface area contributed by atoms with Gasteiger partial charge in [-0.15, -0.1) is 0 Å². The van der Waals surface area contributed by atoms with Crippen LogP contribution in [-0.4, -0.2) is 16.1 Å². The molecule has 0 amide bonds. The third-order valence-corrected chi connectivity index (χ3v) is 3.34. The van der Waals surface area contributed by atoms with Gasteiger partial charge in [-0.3, -0.25) is 4.79 Å². The highest BCUT2D eigenvalue weighted by atomic mass is 16.4. The molecule has 1 aromatic rings. The van der Waals surface area contributed by atoms with Crippen LogP contribution in [0, 0.1) is 12.8 Å².